The van der Waals surface area contributed by atoms with Crippen molar-refractivity contribution < 1.29 is 0 Å². The molecule has 0 bridgehead atoms. The van der Waals surface area contributed by atoms with Gasteiger partial charge in [0.1, 0.15) is 0 Å². The van der Waals surface area contributed by atoms with Gasteiger partial charge in [-0.15, -0.1) is 0 Å². The molecule has 1 heteroatoms. The van der Waals surface area contributed by atoms with Crippen molar-refractivity contribution >= 4 is 0 Å². The van der Waals surface area contributed by atoms with E-state index in [4.69, 9.17) is 0 Å². The molecule has 15 heavy (non-hydrogen) atoms. The smallest absolute Gasteiger partial charge is 0.0310 e. The van der Waals surface area contributed by atoms with Gasteiger partial charge in [0.25, 0.3) is 0 Å². The number of allylic oxidation sites excluding steroid dienone is 1. The van der Waals surface area contributed by atoms with Crippen molar-refractivity contribution in [2.75, 3.05) is 6.54 Å². The molecule has 2 aliphatic rings. The van der Waals surface area contributed by atoms with Gasteiger partial charge in [-0.05, 0) is 56.9 Å². The first-order valence-electron chi connectivity index (χ1n) is 6.75. The summed E-state index contributed by atoms with van der Waals surface area (Å²) >= 11 is 0. The van der Waals surface area contributed by atoms with Crippen LogP contribution in [0.1, 0.15) is 52.4 Å². The lowest BCUT2D eigenvalue weighted by atomic mass is 9.90. The van der Waals surface area contributed by atoms with E-state index in [-0.39, 0.29) is 0 Å². The van der Waals surface area contributed by atoms with E-state index in [1.54, 1.807) is 5.57 Å². The third kappa shape index (κ3) is 2.84. The summed E-state index contributed by atoms with van der Waals surface area (Å²) in [6.45, 7) is 5.84. The lowest BCUT2D eigenvalue weighted by molar-refractivity contribution is 0.471. The van der Waals surface area contributed by atoms with Gasteiger partial charge in [0.05, 0.1) is 0 Å². The first-order chi connectivity index (χ1) is 7.33. The summed E-state index contributed by atoms with van der Waals surface area (Å²) in [5.41, 5.74) is 1.73. The van der Waals surface area contributed by atoms with Crippen molar-refractivity contribution in [3.05, 3.63) is 11.6 Å². The standard InChI is InChI=1S/C14H25N/c1-3-9-15-14(13-10-11(13)2)12-7-5-4-6-8-12/h7,11,13-15H,3-6,8-10H2,1-2H3. The highest BCUT2D eigenvalue weighted by Gasteiger charge is 2.40. The van der Waals surface area contributed by atoms with Gasteiger partial charge in [0.2, 0.25) is 0 Å². The van der Waals surface area contributed by atoms with Crippen LogP contribution in [0.3, 0.4) is 0 Å². The van der Waals surface area contributed by atoms with Crippen LogP contribution in [0.15, 0.2) is 11.6 Å². The molecule has 86 valence electrons. The molecule has 0 aliphatic heterocycles. The van der Waals surface area contributed by atoms with Crippen molar-refractivity contribution in [1.82, 2.24) is 5.32 Å². The third-order valence-electron chi connectivity index (χ3n) is 3.94. The highest BCUT2D eigenvalue weighted by atomic mass is 14.9. The van der Waals surface area contributed by atoms with E-state index in [1.807, 2.05) is 0 Å². The molecule has 0 saturated heterocycles. The largest absolute Gasteiger partial charge is 0.310 e. The number of nitrogens with one attached hydrogen (secondary N) is 1. The summed E-state index contributed by atoms with van der Waals surface area (Å²) in [5.74, 6) is 1.91. The minimum atomic E-state index is 0.722. The number of rotatable bonds is 5. The summed E-state index contributed by atoms with van der Waals surface area (Å²) in [6, 6.07) is 0.722. The molecule has 0 spiro atoms. The molecule has 2 aliphatic carbocycles. The molecule has 0 radical (unpaired) electrons. The van der Waals surface area contributed by atoms with E-state index < -0.39 is 0 Å². The summed E-state index contributed by atoms with van der Waals surface area (Å²) in [6.07, 6.45) is 10.7. The Balaban J connectivity index is 1.94. The van der Waals surface area contributed by atoms with Crippen LogP contribution >= 0.6 is 0 Å². The lowest BCUT2D eigenvalue weighted by Crippen LogP contribution is -2.34. The normalized spacial score (nSPS) is 32.3. The molecule has 1 saturated carbocycles. The zero-order chi connectivity index (χ0) is 10.7. The van der Waals surface area contributed by atoms with Gasteiger partial charge in [-0.1, -0.05) is 25.5 Å². The zero-order valence-electron chi connectivity index (χ0n) is 10.3. The van der Waals surface area contributed by atoms with Crippen molar-refractivity contribution in [3.63, 3.8) is 0 Å². The molecule has 0 aromatic heterocycles. The highest BCUT2D eigenvalue weighted by molar-refractivity contribution is 5.18. The topological polar surface area (TPSA) is 12.0 Å². The predicted molar refractivity (Wildman–Crippen MR) is 65.9 cm³/mol. The summed E-state index contributed by atoms with van der Waals surface area (Å²) in [4.78, 5) is 0. The molecule has 1 nitrogen and oxygen atoms in total. The van der Waals surface area contributed by atoms with E-state index in [0.717, 1.165) is 17.9 Å². The average Bonchev–Trinajstić information content (AvgIpc) is 2.98. The van der Waals surface area contributed by atoms with E-state index >= 15 is 0 Å². The van der Waals surface area contributed by atoms with E-state index in [2.05, 4.69) is 25.2 Å². The van der Waals surface area contributed by atoms with Gasteiger partial charge >= 0.3 is 0 Å². The van der Waals surface area contributed by atoms with Gasteiger partial charge in [0.15, 0.2) is 0 Å². The lowest BCUT2D eigenvalue weighted by Gasteiger charge is -2.24. The monoisotopic (exact) mass is 207 g/mol. The molecule has 3 unspecified atom stereocenters. The van der Waals surface area contributed by atoms with Crippen LogP contribution in [0.5, 0.6) is 0 Å². The van der Waals surface area contributed by atoms with Gasteiger partial charge in [0, 0.05) is 6.04 Å². The molecule has 0 amide bonds. The first kappa shape index (κ1) is 11.2. The SMILES string of the molecule is CCCNC(C1=CCCCC1)C1CC1C. The van der Waals surface area contributed by atoms with E-state index in [1.165, 1.54) is 45.1 Å². The fraction of sp³-hybridized carbons (Fsp3) is 0.857. The van der Waals surface area contributed by atoms with Crippen LogP contribution in [0.25, 0.3) is 0 Å². The van der Waals surface area contributed by atoms with Gasteiger partial charge in [-0.25, -0.2) is 0 Å². The molecule has 1 N–H and O–H groups in total. The minimum Gasteiger partial charge on any atom is -0.310 e. The maximum Gasteiger partial charge on any atom is 0.0310 e. The summed E-state index contributed by atoms with van der Waals surface area (Å²) < 4.78 is 0. The number of hydrogen-bond acceptors (Lipinski definition) is 1. The molecule has 0 aromatic carbocycles. The molecule has 1 fully saturated rings. The second-order valence-corrected chi connectivity index (χ2v) is 5.33. The van der Waals surface area contributed by atoms with Crippen LogP contribution in [0.4, 0.5) is 0 Å². The van der Waals surface area contributed by atoms with Crippen molar-refractivity contribution in [2.45, 2.75) is 58.4 Å². The van der Waals surface area contributed by atoms with Crippen molar-refractivity contribution in [1.29, 1.82) is 0 Å². The average molecular weight is 207 g/mol. The van der Waals surface area contributed by atoms with Crippen LogP contribution < -0.4 is 5.32 Å². The Labute approximate surface area is 94.3 Å². The van der Waals surface area contributed by atoms with Crippen LogP contribution in [-0.4, -0.2) is 12.6 Å². The molecule has 3 atom stereocenters. The second kappa shape index (κ2) is 5.16. The van der Waals surface area contributed by atoms with Crippen molar-refractivity contribution in [3.8, 4) is 0 Å². The van der Waals surface area contributed by atoms with Gasteiger partial charge in [-0.3, -0.25) is 0 Å². The molecular weight excluding hydrogens is 182 g/mol. The Morgan fingerprint density at radius 3 is 2.80 bits per heavy atom. The number of hydrogen-bond donors (Lipinski definition) is 1. The predicted octanol–water partition coefficient (Wildman–Crippen LogP) is 3.51. The maximum absolute atomic E-state index is 3.76. The Morgan fingerprint density at radius 1 is 1.47 bits per heavy atom. The quantitative estimate of drug-likeness (QED) is 0.680. The minimum absolute atomic E-state index is 0.722. The highest BCUT2D eigenvalue weighted by Crippen LogP contribution is 2.44. The Morgan fingerprint density at radius 2 is 2.27 bits per heavy atom. The molecular formula is C14H25N. The first-order valence-corrected chi connectivity index (χ1v) is 6.75. The maximum atomic E-state index is 3.76. The van der Waals surface area contributed by atoms with E-state index in [9.17, 15) is 0 Å². The summed E-state index contributed by atoms with van der Waals surface area (Å²) in [5, 5.41) is 3.76. The molecule has 0 heterocycles. The second-order valence-electron chi connectivity index (χ2n) is 5.33. The third-order valence-corrected chi connectivity index (χ3v) is 3.94. The Kier molecular flexibility index (Phi) is 3.85. The molecule has 0 aromatic rings. The van der Waals surface area contributed by atoms with E-state index in [0.29, 0.717) is 0 Å². The van der Waals surface area contributed by atoms with Crippen LogP contribution in [0, 0.1) is 11.8 Å². The Bertz CT molecular complexity index is 231. The Hall–Kier alpha value is -0.300. The zero-order valence-corrected chi connectivity index (χ0v) is 10.3. The van der Waals surface area contributed by atoms with Gasteiger partial charge < -0.3 is 5.32 Å². The summed E-state index contributed by atoms with van der Waals surface area (Å²) in [7, 11) is 0. The van der Waals surface area contributed by atoms with Crippen LogP contribution in [-0.2, 0) is 0 Å². The van der Waals surface area contributed by atoms with Crippen LogP contribution in [0.2, 0.25) is 0 Å². The van der Waals surface area contributed by atoms with Gasteiger partial charge in [-0.2, -0.15) is 0 Å². The van der Waals surface area contributed by atoms with Crippen molar-refractivity contribution in [2.24, 2.45) is 11.8 Å². The molecule has 2 rings (SSSR count). The fourth-order valence-corrected chi connectivity index (χ4v) is 2.82. The fourth-order valence-electron chi connectivity index (χ4n) is 2.82.